The van der Waals surface area contributed by atoms with Crippen LogP contribution in [0.3, 0.4) is 0 Å². The summed E-state index contributed by atoms with van der Waals surface area (Å²) < 4.78 is -1.72. The van der Waals surface area contributed by atoms with Gasteiger partial charge in [-0.2, -0.15) is 0 Å². The third-order valence-corrected chi connectivity index (χ3v) is 3.86. The van der Waals surface area contributed by atoms with E-state index < -0.39 is 3.79 Å². The molecule has 0 atom stereocenters. The molecule has 0 heterocycles. The van der Waals surface area contributed by atoms with Crippen LogP contribution < -0.4 is 0 Å². The summed E-state index contributed by atoms with van der Waals surface area (Å²) in [5.41, 5.74) is 4.21. The van der Waals surface area contributed by atoms with Crippen molar-refractivity contribution >= 4 is 53.2 Å². The fourth-order valence-corrected chi connectivity index (χ4v) is 2.47. The number of halogens is 3. The first-order valence-corrected chi connectivity index (χ1v) is 8.25. The molecule has 0 bridgehead atoms. The lowest BCUT2D eigenvalue weighted by atomic mass is 10.0. The molecular weight excluding hydrogens is 365 g/mol. The van der Waals surface area contributed by atoms with Crippen molar-refractivity contribution in [2.75, 3.05) is 7.05 Å². The first-order chi connectivity index (χ1) is 11.3. The van der Waals surface area contributed by atoms with Gasteiger partial charge in [-0.05, 0) is 24.8 Å². The van der Waals surface area contributed by atoms with E-state index in [0.29, 0.717) is 5.84 Å². The molecule has 0 amide bonds. The molecule has 2 aromatic rings. The van der Waals surface area contributed by atoms with Crippen molar-refractivity contribution in [2.24, 2.45) is 15.0 Å². The Kier molecular flexibility index (Phi) is 6.16. The van der Waals surface area contributed by atoms with Crippen molar-refractivity contribution in [2.45, 2.75) is 10.7 Å². The van der Waals surface area contributed by atoms with E-state index in [1.54, 1.807) is 0 Å². The number of alkyl halides is 3. The van der Waals surface area contributed by atoms with Crippen LogP contribution in [-0.4, -0.2) is 29.2 Å². The molecule has 124 valence electrons. The highest BCUT2D eigenvalue weighted by Crippen LogP contribution is 2.29. The van der Waals surface area contributed by atoms with Crippen LogP contribution in [0.2, 0.25) is 0 Å². The van der Waals surface area contributed by atoms with Crippen molar-refractivity contribution in [3.8, 4) is 11.1 Å². The van der Waals surface area contributed by atoms with Crippen LogP contribution in [0.1, 0.15) is 11.1 Å². The summed E-state index contributed by atoms with van der Waals surface area (Å²) in [4.78, 5) is 12.0. The maximum atomic E-state index is 5.84. The van der Waals surface area contributed by atoms with Crippen LogP contribution in [0.4, 0.5) is 0 Å². The van der Waals surface area contributed by atoms with E-state index in [2.05, 4.69) is 52.9 Å². The van der Waals surface area contributed by atoms with E-state index in [9.17, 15) is 0 Å². The maximum Gasteiger partial charge on any atom is 0.249 e. The Morgan fingerprint density at radius 3 is 1.83 bits per heavy atom. The van der Waals surface area contributed by atoms with Gasteiger partial charge in [0.05, 0.1) is 0 Å². The monoisotopic (exact) mass is 379 g/mol. The Labute approximate surface area is 156 Å². The Bertz CT molecular complexity index is 771. The van der Waals surface area contributed by atoms with E-state index >= 15 is 0 Å². The Morgan fingerprint density at radius 1 is 0.917 bits per heavy atom. The van der Waals surface area contributed by atoms with Gasteiger partial charge in [-0.3, -0.25) is 4.99 Å². The number of nitrogens with zero attached hydrogens (tertiary/aromatic N) is 3. The van der Waals surface area contributed by atoms with Crippen molar-refractivity contribution in [3.63, 3.8) is 0 Å². The molecule has 0 aliphatic carbocycles. The highest BCUT2D eigenvalue weighted by molar-refractivity contribution is 6.76. The molecule has 0 spiro atoms. The molecule has 0 fully saturated rings. The largest absolute Gasteiger partial charge is 0.270 e. The first-order valence-electron chi connectivity index (χ1n) is 7.12. The minimum absolute atomic E-state index is 0.0533. The predicted molar refractivity (Wildman–Crippen MR) is 106 cm³/mol. The summed E-state index contributed by atoms with van der Waals surface area (Å²) >= 11 is 17.5. The number of hydrogen-bond donors (Lipinski definition) is 0. The number of hydrogen-bond acceptors (Lipinski definition) is 1. The third-order valence-electron chi connectivity index (χ3n) is 3.35. The van der Waals surface area contributed by atoms with E-state index in [0.717, 1.165) is 16.7 Å². The average Bonchev–Trinajstić information content (AvgIpc) is 2.56. The lowest BCUT2D eigenvalue weighted by Crippen LogP contribution is -2.18. The van der Waals surface area contributed by atoms with Crippen LogP contribution in [0, 0.1) is 6.92 Å². The second-order valence-corrected chi connectivity index (χ2v) is 7.36. The molecule has 0 aliphatic rings. The molecule has 3 nitrogen and oxygen atoms in total. The summed E-state index contributed by atoms with van der Waals surface area (Å²) in [5, 5.41) is 0. The van der Waals surface area contributed by atoms with Crippen molar-refractivity contribution in [3.05, 3.63) is 59.7 Å². The zero-order valence-corrected chi connectivity index (χ0v) is 15.6. The van der Waals surface area contributed by atoms with Gasteiger partial charge < -0.3 is 0 Å². The fraction of sp³-hybridized carbons (Fsp3) is 0.167. The minimum Gasteiger partial charge on any atom is -0.270 e. The summed E-state index contributed by atoms with van der Waals surface area (Å²) in [6, 6.07) is 16.1. The predicted octanol–water partition coefficient (Wildman–Crippen LogP) is 5.51. The average molecular weight is 381 g/mol. The van der Waals surface area contributed by atoms with Gasteiger partial charge in [0.1, 0.15) is 0 Å². The van der Waals surface area contributed by atoms with Crippen molar-refractivity contribution in [1.29, 1.82) is 0 Å². The van der Waals surface area contributed by atoms with E-state index in [1.165, 1.54) is 12.6 Å². The molecule has 0 unspecified atom stereocenters. The minimum atomic E-state index is -1.72. The van der Waals surface area contributed by atoms with Gasteiger partial charge in [0.25, 0.3) is 0 Å². The maximum absolute atomic E-state index is 5.84. The molecular formula is C18H16Cl3N3. The van der Waals surface area contributed by atoms with Gasteiger partial charge in [-0.1, -0.05) is 88.9 Å². The number of amidine groups is 2. The number of aryl methyl sites for hydroxylation is 1. The highest BCUT2D eigenvalue weighted by atomic mass is 35.6. The van der Waals surface area contributed by atoms with Gasteiger partial charge in [0.15, 0.2) is 11.7 Å². The normalized spacial score (nSPS) is 13.0. The third kappa shape index (κ3) is 4.67. The van der Waals surface area contributed by atoms with E-state index in [-0.39, 0.29) is 5.84 Å². The lowest BCUT2D eigenvalue weighted by Gasteiger charge is -2.11. The Hall–Kier alpha value is -1.68. The van der Waals surface area contributed by atoms with E-state index in [1.807, 2.05) is 24.3 Å². The summed E-state index contributed by atoms with van der Waals surface area (Å²) in [5.74, 6) is 0.398. The topological polar surface area (TPSA) is 37.1 Å². The Morgan fingerprint density at radius 2 is 1.42 bits per heavy atom. The van der Waals surface area contributed by atoms with Gasteiger partial charge in [0, 0.05) is 12.6 Å². The smallest absolute Gasteiger partial charge is 0.249 e. The molecule has 0 saturated heterocycles. The van der Waals surface area contributed by atoms with Gasteiger partial charge in [0.2, 0.25) is 3.79 Å². The van der Waals surface area contributed by atoms with Crippen LogP contribution in [0.25, 0.3) is 11.1 Å². The molecule has 0 aliphatic heterocycles. The van der Waals surface area contributed by atoms with Crippen LogP contribution >= 0.6 is 34.8 Å². The second-order valence-electron chi connectivity index (χ2n) is 5.08. The molecule has 24 heavy (non-hydrogen) atoms. The molecule has 6 heteroatoms. The van der Waals surface area contributed by atoms with E-state index in [4.69, 9.17) is 34.8 Å². The van der Waals surface area contributed by atoms with Crippen LogP contribution in [0.5, 0.6) is 0 Å². The van der Waals surface area contributed by atoms with Crippen molar-refractivity contribution < 1.29 is 0 Å². The molecule has 0 radical (unpaired) electrons. The lowest BCUT2D eigenvalue weighted by molar-refractivity contribution is 1.32. The summed E-state index contributed by atoms with van der Waals surface area (Å²) in [6.45, 7) is 5.59. The number of rotatable bonds is 2. The summed E-state index contributed by atoms with van der Waals surface area (Å²) in [7, 11) is 1.50. The quantitative estimate of drug-likeness (QED) is 0.374. The first kappa shape index (κ1) is 18.7. The standard InChI is InChI=1S/C18H16Cl3N3/c1-12-4-6-13(7-5-12)14-8-10-15(11-9-14)16(22-2)24-17(23-3)18(19,20)21/h4-11H,2H2,1,3H3. The zero-order chi connectivity index (χ0) is 17.7. The molecule has 0 saturated carbocycles. The second kappa shape index (κ2) is 7.93. The van der Waals surface area contributed by atoms with Crippen LogP contribution in [0.15, 0.2) is 63.5 Å². The zero-order valence-electron chi connectivity index (χ0n) is 13.3. The highest BCUT2D eigenvalue weighted by Gasteiger charge is 2.28. The SMILES string of the molecule is C=NC(=NC(=NC)C(Cl)(Cl)Cl)c1ccc(-c2ccc(C)cc2)cc1. The van der Waals surface area contributed by atoms with Gasteiger partial charge in [-0.15, -0.1) is 0 Å². The molecule has 2 aromatic carbocycles. The van der Waals surface area contributed by atoms with Gasteiger partial charge >= 0.3 is 0 Å². The van der Waals surface area contributed by atoms with Crippen LogP contribution in [-0.2, 0) is 0 Å². The van der Waals surface area contributed by atoms with Crippen molar-refractivity contribution in [1.82, 2.24) is 0 Å². The molecule has 2 rings (SSSR count). The number of aliphatic imine (C=N–C) groups is 3. The molecule has 0 N–H and O–H groups in total. The molecule has 0 aromatic heterocycles. The Balaban J connectivity index is 2.34. The fourth-order valence-electron chi connectivity index (χ4n) is 2.09. The summed E-state index contributed by atoms with van der Waals surface area (Å²) in [6.07, 6.45) is 0. The van der Waals surface area contributed by atoms with Gasteiger partial charge in [-0.25, -0.2) is 9.98 Å². The number of benzene rings is 2.